The third-order valence-electron chi connectivity index (χ3n) is 3.77. The molecule has 0 unspecified atom stereocenters. The Bertz CT molecular complexity index is 604. The van der Waals surface area contributed by atoms with Crippen molar-refractivity contribution in [1.29, 1.82) is 0 Å². The number of H-pyrrole nitrogens is 1. The third kappa shape index (κ3) is 3.28. The highest BCUT2D eigenvalue weighted by atomic mass is 16.5. The number of aryl methyl sites for hydroxylation is 3. The van der Waals surface area contributed by atoms with Crippen LogP contribution in [0.2, 0.25) is 0 Å². The Morgan fingerprint density at radius 2 is 2.19 bits per heavy atom. The van der Waals surface area contributed by atoms with Crippen LogP contribution in [0.1, 0.15) is 34.7 Å². The standard InChI is InChI=1S/C15H21N5O/c1-10-6-13(19-12(3)18-10)15-8-20(4-5-21-15)7-14-11(2)16-9-17-14/h6,9,15H,4-5,7-8H2,1-3H3,(H,16,17)/t15-/m1/s1. The minimum Gasteiger partial charge on any atom is -0.369 e. The van der Waals surface area contributed by atoms with Gasteiger partial charge in [0.25, 0.3) is 0 Å². The van der Waals surface area contributed by atoms with E-state index < -0.39 is 0 Å². The first-order valence-corrected chi connectivity index (χ1v) is 7.27. The quantitative estimate of drug-likeness (QED) is 0.930. The van der Waals surface area contributed by atoms with Gasteiger partial charge in [-0.05, 0) is 26.8 Å². The Kier molecular flexibility index (Phi) is 3.98. The minimum atomic E-state index is 0.0124. The van der Waals surface area contributed by atoms with Gasteiger partial charge in [-0.25, -0.2) is 15.0 Å². The van der Waals surface area contributed by atoms with Gasteiger partial charge in [0.05, 0.1) is 24.3 Å². The number of aromatic amines is 1. The second-order valence-corrected chi connectivity index (χ2v) is 5.55. The lowest BCUT2D eigenvalue weighted by Gasteiger charge is -2.32. The number of morpholine rings is 1. The fourth-order valence-electron chi connectivity index (χ4n) is 2.69. The number of hydrogen-bond donors (Lipinski definition) is 1. The van der Waals surface area contributed by atoms with Crippen LogP contribution in [0, 0.1) is 20.8 Å². The molecule has 0 bridgehead atoms. The topological polar surface area (TPSA) is 66.9 Å². The lowest BCUT2D eigenvalue weighted by molar-refractivity contribution is -0.0355. The van der Waals surface area contributed by atoms with Gasteiger partial charge < -0.3 is 9.72 Å². The molecule has 2 aromatic heterocycles. The molecule has 1 aliphatic heterocycles. The van der Waals surface area contributed by atoms with Crippen molar-refractivity contribution in [2.24, 2.45) is 0 Å². The van der Waals surface area contributed by atoms with E-state index in [4.69, 9.17) is 4.74 Å². The summed E-state index contributed by atoms with van der Waals surface area (Å²) in [7, 11) is 0. The van der Waals surface area contributed by atoms with Gasteiger partial charge in [0, 0.05) is 31.0 Å². The van der Waals surface area contributed by atoms with Crippen molar-refractivity contribution in [3.63, 3.8) is 0 Å². The molecular formula is C15H21N5O. The summed E-state index contributed by atoms with van der Waals surface area (Å²) in [5, 5.41) is 0. The number of ether oxygens (including phenoxy) is 1. The maximum atomic E-state index is 5.89. The van der Waals surface area contributed by atoms with Crippen molar-refractivity contribution < 1.29 is 4.74 Å². The number of imidazole rings is 1. The lowest BCUT2D eigenvalue weighted by atomic mass is 10.1. The van der Waals surface area contributed by atoms with Crippen LogP contribution in [0.15, 0.2) is 12.4 Å². The zero-order valence-corrected chi connectivity index (χ0v) is 12.8. The van der Waals surface area contributed by atoms with Crippen molar-refractivity contribution in [1.82, 2.24) is 24.8 Å². The third-order valence-corrected chi connectivity index (χ3v) is 3.77. The highest BCUT2D eigenvalue weighted by Gasteiger charge is 2.24. The van der Waals surface area contributed by atoms with Gasteiger partial charge in [0.15, 0.2) is 0 Å². The molecule has 112 valence electrons. The zero-order chi connectivity index (χ0) is 14.8. The molecule has 6 heteroatoms. The summed E-state index contributed by atoms with van der Waals surface area (Å²) >= 11 is 0. The minimum absolute atomic E-state index is 0.0124. The molecule has 0 aromatic carbocycles. The van der Waals surface area contributed by atoms with Crippen molar-refractivity contribution >= 4 is 0 Å². The molecule has 1 atom stereocenters. The molecule has 0 aliphatic carbocycles. The monoisotopic (exact) mass is 287 g/mol. The van der Waals surface area contributed by atoms with E-state index in [1.165, 1.54) is 0 Å². The predicted octanol–water partition coefficient (Wildman–Crippen LogP) is 1.70. The molecule has 0 radical (unpaired) electrons. The Morgan fingerprint density at radius 3 is 2.90 bits per heavy atom. The molecule has 3 rings (SSSR count). The first kappa shape index (κ1) is 14.2. The molecule has 21 heavy (non-hydrogen) atoms. The summed E-state index contributed by atoms with van der Waals surface area (Å²) < 4.78 is 5.89. The Hall–Kier alpha value is -1.79. The molecular weight excluding hydrogens is 266 g/mol. The number of nitrogens with zero attached hydrogens (tertiary/aromatic N) is 4. The second kappa shape index (κ2) is 5.91. The Balaban J connectivity index is 1.72. The van der Waals surface area contributed by atoms with Gasteiger partial charge in [-0.2, -0.15) is 0 Å². The average Bonchev–Trinajstić information content (AvgIpc) is 2.84. The molecule has 0 spiro atoms. The second-order valence-electron chi connectivity index (χ2n) is 5.55. The maximum Gasteiger partial charge on any atom is 0.125 e. The Morgan fingerprint density at radius 1 is 1.33 bits per heavy atom. The molecule has 1 saturated heterocycles. The summed E-state index contributed by atoms with van der Waals surface area (Å²) in [6, 6.07) is 2.01. The molecule has 0 saturated carbocycles. The van der Waals surface area contributed by atoms with Crippen LogP contribution < -0.4 is 0 Å². The van der Waals surface area contributed by atoms with E-state index in [2.05, 4.69) is 31.8 Å². The smallest absolute Gasteiger partial charge is 0.125 e. The van der Waals surface area contributed by atoms with Crippen LogP contribution in [0.5, 0.6) is 0 Å². The number of rotatable bonds is 3. The lowest BCUT2D eigenvalue weighted by Crippen LogP contribution is -2.38. The van der Waals surface area contributed by atoms with E-state index in [9.17, 15) is 0 Å². The van der Waals surface area contributed by atoms with E-state index in [1.807, 2.05) is 19.9 Å². The first-order valence-electron chi connectivity index (χ1n) is 7.27. The van der Waals surface area contributed by atoms with Gasteiger partial charge in [0.2, 0.25) is 0 Å². The van der Waals surface area contributed by atoms with Crippen molar-refractivity contribution in [3.8, 4) is 0 Å². The summed E-state index contributed by atoms with van der Waals surface area (Å²) in [6.07, 6.45) is 1.76. The van der Waals surface area contributed by atoms with Crippen LogP contribution in [0.4, 0.5) is 0 Å². The predicted molar refractivity (Wildman–Crippen MR) is 78.8 cm³/mol. The normalized spacial score (nSPS) is 19.9. The summed E-state index contributed by atoms with van der Waals surface area (Å²) in [5.41, 5.74) is 4.20. The largest absolute Gasteiger partial charge is 0.369 e. The van der Waals surface area contributed by atoms with E-state index in [0.29, 0.717) is 0 Å². The highest BCUT2D eigenvalue weighted by molar-refractivity contribution is 5.14. The fourth-order valence-corrected chi connectivity index (χ4v) is 2.69. The Labute approximate surface area is 124 Å². The molecule has 1 N–H and O–H groups in total. The van der Waals surface area contributed by atoms with E-state index >= 15 is 0 Å². The van der Waals surface area contributed by atoms with Crippen LogP contribution in [0.25, 0.3) is 0 Å². The molecule has 3 heterocycles. The zero-order valence-electron chi connectivity index (χ0n) is 12.8. The fraction of sp³-hybridized carbons (Fsp3) is 0.533. The van der Waals surface area contributed by atoms with Gasteiger partial charge in [-0.1, -0.05) is 0 Å². The van der Waals surface area contributed by atoms with Crippen molar-refractivity contribution in [2.45, 2.75) is 33.4 Å². The van der Waals surface area contributed by atoms with Crippen LogP contribution in [0.3, 0.4) is 0 Å². The van der Waals surface area contributed by atoms with Crippen molar-refractivity contribution in [2.75, 3.05) is 19.7 Å². The summed E-state index contributed by atoms with van der Waals surface area (Å²) in [6.45, 7) is 9.29. The average molecular weight is 287 g/mol. The van der Waals surface area contributed by atoms with Crippen LogP contribution >= 0.6 is 0 Å². The van der Waals surface area contributed by atoms with Crippen LogP contribution in [-0.4, -0.2) is 44.5 Å². The number of hydrogen-bond acceptors (Lipinski definition) is 5. The van der Waals surface area contributed by atoms with Gasteiger partial charge >= 0.3 is 0 Å². The molecule has 2 aromatic rings. The highest BCUT2D eigenvalue weighted by Crippen LogP contribution is 2.22. The van der Waals surface area contributed by atoms with Crippen LogP contribution in [-0.2, 0) is 11.3 Å². The number of nitrogens with one attached hydrogen (secondary N) is 1. The van der Waals surface area contributed by atoms with E-state index in [0.717, 1.165) is 54.8 Å². The summed E-state index contributed by atoms with van der Waals surface area (Å²) in [4.78, 5) is 18.7. The van der Waals surface area contributed by atoms with E-state index in [1.54, 1.807) is 6.33 Å². The first-order chi connectivity index (χ1) is 10.1. The van der Waals surface area contributed by atoms with Gasteiger partial charge in [0.1, 0.15) is 11.9 Å². The molecule has 1 fully saturated rings. The van der Waals surface area contributed by atoms with Crippen molar-refractivity contribution in [3.05, 3.63) is 41.0 Å². The maximum absolute atomic E-state index is 5.89. The SMILES string of the molecule is Cc1cc([C@H]2CN(Cc3nc[nH]c3C)CCO2)nc(C)n1. The molecule has 0 amide bonds. The van der Waals surface area contributed by atoms with E-state index in [-0.39, 0.29) is 6.10 Å². The molecule has 6 nitrogen and oxygen atoms in total. The van der Waals surface area contributed by atoms with Gasteiger partial charge in [-0.15, -0.1) is 0 Å². The number of aromatic nitrogens is 4. The summed E-state index contributed by atoms with van der Waals surface area (Å²) in [5.74, 6) is 0.800. The molecule has 1 aliphatic rings. The van der Waals surface area contributed by atoms with Gasteiger partial charge in [-0.3, -0.25) is 4.90 Å².